The molecule has 2 unspecified atom stereocenters. The van der Waals surface area contributed by atoms with Crippen molar-refractivity contribution < 1.29 is 13.6 Å². The van der Waals surface area contributed by atoms with Crippen LogP contribution in [0.1, 0.15) is 12.8 Å². The van der Waals surface area contributed by atoms with Crippen molar-refractivity contribution in [1.82, 2.24) is 0 Å². The van der Waals surface area contributed by atoms with E-state index >= 15 is 0 Å². The van der Waals surface area contributed by atoms with Crippen LogP contribution in [0.3, 0.4) is 0 Å². The normalized spacial score (nSPS) is 48.4. The lowest BCUT2D eigenvalue weighted by atomic mass is 10.1. The van der Waals surface area contributed by atoms with Crippen LogP contribution in [-0.4, -0.2) is 12.2 Å². The minimum atomic E-state index is -2.46. The number of halogens is 2. The van der Waals surface area contributed by atoms with Crippen LogP contribution in [0.2, 0.25) is 0 Å². The fourth-order valence-electron chi connectivity index (χ4n) is 2.02. The van der Waals surface area contributed by atoms with E-state index in [4.69, 9.17) is 0 Å². The Labute approximate surface area is 57.4 Å². The summed E-state index contributed by atoms with van der Waals surface area (Å²) in [5.41, 5.74) is 0. The summed E-state index contributed by atoms with van der Waals surface area (Å²) in [4.78, 5) is 10.1. The third-order valence-corrected chi connectivity index (χ3v) is 2.62. The second-order valence-corrected chi connectivity index (χ2v) is 3.31. The number of carbonyl (C=O) groups is 1. The molecule has 0 bridgehead atoms. The molecule has 10 heavy (non-hydrogen) atoms. The molecule has 0 amide bonds. The van der Waals surface area contributed by atoms with Gasteiger partial charge in [0, 0.05) is 18.8 Å². The molecule has 2 fully saturated rings. The van der Waals surface area contributed by atoms with Gasteiger partial charge in [-0.15, -0.1) is 0 Å². The molecule has 0 aromatic carbocycles. The SMILES string of the molecule is O=CC1C2CC(F)(F)CC12. The number of rotatable bonds is 1. The number of carbonyl (C=O) groups excluding carboxylic acids is 1. The molecule has 0 aliphatic heterocycles. The lowest BCUT2D eigenvalue weighted by Crippen LogP contribution is -2.14. The van der Waals surface area contributed by atoms with Crippen LogP contribution >= 0.6 is 0 Å². The van der Waals surface area contributed by atoms with E-state index in [1.807, 2.05) is 0 Å². The van der Waals surface area contributed by atoms with Gasteiger partial charge in [-0.2, -0.15) is 0 Å². The van der Waals surface area contributed by atoms with Crippen LogP contribution in [0.25, 0.3) is 0 Å². The Morgan fingerprint density at radius 1 is 1.30 bits per heavy atom. The predicted octanol–water partition coefficient (Wildman–Crippen LogP) is 1.48. The molecule has 0 aromatic rings. The Kier molecular flexibility index (Phi) is 0.984. The van der Waals surface area contributed by atoms with Gasteiger partial charge < -0.3 is 4.79 Å². The summed E-state index contributed by atoms with van der Waals surface area (Å²) in [5, 5.41) is 0. The first-order valence-corrected chi connectivity index (χ1v) is 3.47. The highest BCUT2D eigenvalue weighted by molar-refractivity contribution is 5.60. The zero-order valence-electron chi connectivity index (χ0n) is 5.39. The average Bonchev–Trinajstić information content (AvgIpc) is 2.30. The van der Waals surface area contributed by atoms with Crippen molar-refractivity contribution in [3.05, 3.63) is 0 Å². The number of hydrogen-bond donors (Lipinski definition) is 0. The molecule has 2 rings (SSSR count). The summed E-state index contributed by atoms with van der Waals surface area (Å²) in [7, 11) is 0. The van der Waals surface area contributed by atoms with Gasteiger partial charge >= 0.3 is 0 Å². The lowest BCUT2D eigenvalue weighted by molar-refractivity contribution is -0.110. The largest absolute Gasteiger partial charge is 0.303 e. The Morgan fingerprint density at radius 2 is 1.80 bits per heavy atom. The van der Waals surface area contributed by atoms with Gasteiger partial charge in [-0.25, -0.2) is 8.78 Å². The third-order valence-electron chi connectivity index (χ3n) is 2.62. The Hall–Kier alpha value is -0.470. The van der Waals surface area contributed by atoms with E-state index in [9.17, 15) is 13.6 Å². The Morgan fingerprint density at radius 3 is 2.20 bits per heavy atom. The van der Waals surface area contributed by atoms with Gasteiger partial charge in [-0.1, -0.05) is 0 Å². The second-order valence-electron chi connectivity index (χ2n) is 3.31. The predicted molar refractivity (Wildman–Crippen MR) is 30.7 cm³/mol. The summed E-state index contributed by atoms with van der Waals surface area (Å²) in [6.45, 7) is 0. The van der Waals surface area contributed by atoms with Gasteiger partial charge in [0.2, 0.25) is 5.92 Å². The van der Waals surface area contributed by atoms with Crippen LogP contribution in [0, 0.1) is 17.8 Å². The first-order chi connectivity index (χ1) is 4.64. The summed E-state index contributed by atoms with van der Waals surface area (Å²) in [6.07, 6.45) is 0.715. The van der Waals surface area contributed by atoms with Crippen molar-refractivity contribution in [3.63, 3.8) is 0 Å². The van der Waals surface area contributed by atoms with E-state index < -0.39 is 5.92 Å². The zero-order chi connectivity index (χ0) is 7.35. The fourth-order valence-corrected chi connectivity index (χ4v) is 2.02. The van der Waals surface area contributed by atoms with Gasteiger partial charge in [0.1, 0.15) is 6.29 Å². The van der Waals surface area contributed by atoms with Gasteiger partial charge in [0.15, 0.2) is 0 Å². The average molecular weight is 146 g/mol. The van der Waals surface area contributed by atoms with Gasteiger partial charge in [0.25, 0.3) is 0 Å². The highest BCUT2D eigenvalue weighted by Gasteiger charge is 2.62. The molecule has 0 heterocycles. The minimum Gasteiger partial charge on any atom is -0.303 e. The topological polar surface area (TPSA) is 17.1 Å². The maximum atomic E-state index is 12.4. The summed E-state index contributed by atoms with van der Waals surface area (Å²) in [6, 6.07) is 0. The van der Waals surface area contributed by atoms with Crippen LogP contribution in [0.5, 0.6) is 0 Å². The molecule has 2 aliphatic carbocycles. The first-order valence-electron chi connectivity index (χ1n) is 3.47. The third kappa shape index (κ3) is 0.693. The number of alkyl halides is 2. The van der Waals surface area contributed by atoms with Crippen molar-refractivity contribution in [3.8, 4) is 0 Å². The zero-order valence-corrected chi connectivity index (χ0v) is 5.39. The van der Waals surface area contributed by atoms with Gasteiger partial charge in [-0.05, 0) is 11.8 Å². The molecule has 0 radical (unpaired) electrons. The maximum absolute atomic E-state index is 12.4. The van der Waals surface area contributed by atoms with E-state index in [2.05, 4.69) is 0 Å². The molecule has 0 aromatic heterocycles. The standard InChI is InChI=1S/C7H8F2O/c8-7(9)1-4-5(2-7)6(4)3-10/h3-6H,1-2H2. The number of fused-ring (bicyclic) bond motifs is 1. The fraction of sp³-hybridized carbons (Fsp3) is 0.857. The monoisotopic (exact) mass is 146 g/mol. The van der Waals surface area contributed by atoms with E-state index in [1.54, 1.807) is 0 Å². The quantitative estimate of drug-likeness (QED) is 0.512. The Bertz CT molecular complexity index is 164. The second kappa shape index (κ2) is 1.57. The molecule has 0 N–H and O–H groups in total. The van der Waals surface area contributed by atoms with Gasteiger partial charge in [0.05, 0.1) is 0 Å². The smallest absolute Gasteiger partial charge is 0.248 e. The van der Waals surface area contributed by atoms with Crippen LogP contribution in [0.4, 0.5) is 8.78 Å². The summed E-state index contributed by atoms with van der Waals surface area (Å²) >= 11 is 0. The van der Waals surface area contributed by atoms with E-state index in [0.29, 0.717) is 0 Å². The first kappa shape index (κ1) is 6.25. The molecule has 2 saturated carbocycles. The number of hydrogen-bond acceptors (Lipinski definition) is 1. The molecule has 2 aliphatic rings. The van der Waals surface area contributed by atoms with Crippen molar-refractivity contribution >= 4 is 6.29 Å². The van der Waals surface area contributed by atoms with Crippen LogP contribution in [0.15, 0.2) is 0 Å². The van der Waals surface area contributed by atoms with Crippen molar-refractivity contribution in [2.75, 3.05) is 0 Å². The summed E-state index contributed by atoms with van der Waals surface area (Å²) in [5.74, 6) is -2.45. The van der Waals surface area contributed by atoms with E-state index in [0.717, 1.165) is 6.29 Å². The molecule has 56 valence electrons. The minimum absolute atomic E-state index is 0.0208. The molecule has 0 spiro atoms. The summed E-state index contributed by atoms with van der Waals surface area (Å²) < 4.78 is 24.8. The molecular formula is C7H8F2O. The maximum Gasteiger partial charge on any atom is 0.248 e. The molecule has 3 heteroatoms. The highest BCUT2D eigenvalue weighted by Crippen LogP contribution is 2.61. The van der Waals surface area contributed by atoms with Crippen molar-refractivity contribution in [1.29, 1.82) is 0 Å². The molecule has 1 nitrogen and oxygen atoms in total. The van der Waals surface area contributed by atoms with E-state index in [1.165, 1.54) is 0 Å². The molecule has 2 atom stereocenters. The molecule has 0 saturated heterocycles. The highest BCUT2D eigenvalue weighted by atomic mass is 19.3. The van der Waals surface area contributed by atoms with Crippen molar-refractivity contribution in [2.24, 2.45) is 17.8 Å². The number of aldehydes is 1. The van der Waals surface area contributed by atoms with Crippen molar-refractivity contribution in [2.45, 2.75) is 18.8 Å². The van der Waals surface area contributed by atoms with E-state index in [-0.39, 0.29) is 30.6 Å². The Balaban J connectivity index is 2.01. The lowest BCUT2D eigenvalue weighted by Gasteiger charge is -2.09. The van der Waals surface area contributed by atoms with Crippen LogP contribution in [-0.2, 0) is 4.79 Å². The van der Waals surface area contributed by atoms with Gasteiger partial charge in [-0.3, -0.25) is 0 Å². The van der Waals surface area contributed by atoms with Crippen LogP contribution < -0.4 is 0 Å². The molecular weight excluding hydrogens is 138 g/mol.